The van der Waals surface area contributed by atoms with E-state index < -0.39 is 8.32 Å². The molecule has 3 heterocycles. The maximum absolute atomic E-state index is 12.7. The van der Waals surface area contributed by atoms with Crippen molar-refractivity contribution in [3.63, 3.8) is 0 Å². The Kier molecular flexibility index (Phi) is 7.67. The number of nitrogens with zero attached hydrogens (tertiary/aromatic N) is 4. The average Bonchev–Trinajstić information content (AvgIpc) is 3.57. The number of H-pyrrole nitrogens is 1. The van der Waals surface area contributed by atoms with Crippen LogP contribution in [0.5, 0.6) is 0 Å². The number of hydrogen-bond donors (Lipinski definition) is 3. The number of hydrogen-bond acceptors (Lipinski definition) is 6. The van der Waals surface area contributed by atoms with Crippen LogP contribution in [0.15, 0.2) is 59.5 Å². The summed E-state index contributed by atoms with van der Waals surface area (Å²) in [5, 5.41) is 21.2. The zero-order valence-electron chi connectivity index (χ0n) is 22.2. The smallest absolute Gasteiger partial charge is 0.279 e. The van der Waals surface area contributed by atoms with E-state index in [0.717, 1.165) is 36.2 Å². The van der Waals surface area contributed by atoms with Crippen LogP contribution in [-0.2, 0) is 24.1 Å². The molecule has 0 spiro atoms. The summed E-state index contributed by atoms with van der Waals surface area (Å²) in [6.07, 6.45) is 4.90. The lowest BCUT2D eigenvalue weighted by Gasteiger charge is -2.30. The van der Waals surface area contributed by atoms with Gasteiger partial charge in [-0.05, 0) is 68.1 Å². The van der Waals surface area contributed by atoms with E-state index >= 15 is 0 Å². The van der Waals surface area contributed by atoms with Gasteiger partial charge in [-0.2, -0.15) is 0 Å². The van der Waals surface area contributed by atoms with E-state index in [2.05, 4.69) is 34.5 Å². The highest BCUT2D eigenvalue weighted by atomic mass is 28.4. The van der Waals surface area contributed by atoms with Crippen LogP contribution in [0.2, 0.25) is 18.6 Å². The van der Waals surface area contributed by atoms with Gasteiger partial charge in [-0.1, -0.05) is 36.4 Å². The van der Waals surface area contributed by atoms with Crippen LogP contribution >= 0.6 is 0 Å². The Hall–Kier alpha value is -3.05. The third kappa shape index (κ3) is 5.53. The number of aromatic amines is 1. The Morgan fingerprint density at radius 2 is 1.82 bits per heavy atom. The normalized spacial score (nSPS) is 21.9. The maximum atomic E-state index is 12.7. The monoisotopic (exact) mass is 535 g/mol. The van der Waals surface area contributed by atoms with E-state index in [-0.39, 0.29) is 35.8 Å². The quantitative estimate of drug-likeness (QED) is 0.268. The number of benzene rings is 2. The van der Waals surface area contributed by atoms with Crippen molar-refractivity contribution in [3.8, 4) is 5.69 Å². The van der Waals surface area contributed by atoms with Gasteiger partial charge in [0.1, 0.15) is 0 Å². The van der Waals surface area contributed by atoms with Crippen LogP contribution in [-0.4, -0.2) is 61.8 Å². The minimum atomic E-state index is -2.45. The highest BCUT2D eigenvalue weighted by Gasteiger charge is 2.49. The molecule has 5 rings (SSSR count). The summed E-state index contributed by atoms with van der Waals surface area (Å²) >= 11 is 0. The van der Waals surface area contributed by atoms with Crippen LogP contribution in [0.1, 0.15) is 31.0 Å². The van der Waals surface area contributed by atoms with Crippen molar-refractivity contribution in [3.05, 3.63) is 76.3 Å². The number of aromatic nitrogens is 5. The summed E-state index contributed by atoms with van der Waals surface area (Å²) in [6.45, 7) is 6.94. The fraction of sp³-hybridized carbons (Fsp3) is 0.464. The first kappa shape index (κ1) is 26.5. The first-order valence-electron chi connectivity index (χ1n) is 13.4. The van der Waals surface area contributed by atoms with Crippen molar-refractivity contribution in [1.29, 1.82) is 0 Å². The number of aryl methyl sites for hydroxylation is 2. The predicted octanol–water partition coefficient (Wildman–Crippen LogP) is 3.44. The lowest BCUT2D eigenvalue weighted by molar-refractivity contribution is 0.0245. The Morgan fingerprint density at radius 1 is 1.05 bits per heavy atom. The number of aliphatic hydroxyl groups excluding tert-OH is 1. The second kappa shape index (κ2) is 11.0. The molecule has 0 amide bonds. The van der Waals surface area contributed by atoms with Gasteiger partial charge < -0.3 is 14.6 Å². The number of ether oxygens (including phenoxy) is 1. The average molecular weight is 536 g/mol. The number of fused-ring (bicyclic) bond motifs is 1. The van der Waals surface area contributed by atoms with Gasteiger partial charge in [0.15, 0.2) is 8.32 Å². The fourth-order valence-corrected chi connectivity index (χ4v) is 8.63. The first-order chi connectivity index (χ1) is 18.2. The highest BCUT2D eigenvalue weighted by molar-refractivity contribution is 6.71. The summed E-state index contributed by atoms with van der Waals surface area (Å²) in [5.74, 6) is 0.261. The van der Waals surface area contributed by atoms with Gasteiger partial charge in [0.05, 0.1) is 34.5 Å². The fourth-order valence-electron chi connectivity index (χ4n) is 5.98. The van der Waals surface area contributed by atoms with Crippen molar-refractivity contribution in [1.82, 2.24) is 24.8 Å². The Labute approximate surface area is 223 Å². The second-order valence-electron chi connectivity index (χ2n) is 11.0. The summed E-state index contributed by atoms with van der Waals surface area (Å²) in [4.78, 5) is 23.9. The summed E-state index contributed by atoms with van der Waals surface area (Å²) in [6, 6.07) is 15.6. The minimum Gasteiger partial charge on any atom is -0.432 e. The molecular weight excluding hydrogens is 498 g/mol. The summed E-state index contributed by atoms with van der Waals surface area (Å²) in [5.41, 5.74) is 3.69. The van der Waals surface area contributed by atoms with Gasteiger partial charge in [-0.15, -0.1) is 5.10 Å². The molecule has 1 aliphatic rings. The topological polar surface area (TPSA) is 118 Å². The van der Waals surface area contributed by atoms with Crippen molar-refractivity contribution in [2.24, 2.45) is 5.92 Å². The molecule has 0 aliphatic carbocycles. The highest BCUT2D eigenvalue weighted by Crippen LogP contribution is 2.45. The van der Waals surface area contributed by atoms with Crippen LogP contribution in [0.4, 0.5) is 0 Å². The lowest BCUT2D eigenvalue weighted by Crippen LogP contribution is -2.40. The largest absolute Gasteiger partial charge is 0.432 e. The van der Waals surface area contributed by atoms with Crippen LogP contribution in [0.3, 0.4) is 0 Å². The van der Waals surface area contributed by atoms with Gasteiger partial charge in [-0.3, -0.25) is 14.6 Å². The third-order valence-corrected chi connectivity index (χ3v) is 10.3. The van der Waals surface area contributed by atoms with Crippen LogP contribution < -0.4 is 5.56 Å². The van der Waals surface area contributed by atoms with Crippen molar-refractivity contribution >= 4 is 19.2 Å². The molecule has 1 fully saturated rings. The van der Waals surface area contributed by atoms with E-state index in [1.807, 2.05) is 55.7 Å². The Morgan fingerprint density at radius 3 is 2.53 bits per heavy atom. The number of rotatable bonds is 10. The van der Waals surface area contributed by atoms with Gasteiger partial charge >= 0.3 is 0 Å². The summed E-state index contributed by atoms with van der Waals surface area (Å²) < 4.78 is 9.96. The van der Waals surface area contributed by atoms with Crippen LogP contribution in [0, 0.1) is 5.92 Å². The first-order valence-corrected chi connectivity index (χ1v) is 16.4. The molecular formula is C28H37N5O4Si. The molecule has 2 aromatic carbocycles. The van der Waals surface area contributed by atoms with Gasteiger partial charge in [0.2, 0.25) is 0 Å². The Bertz CT molecular complexity index is 1420. The Balaban J connectivity index is 1.23. The summed E-state index contributed by atoms with van der Waals surface area (Å²) in [7, 11) is -2.45. The lowest BCUT2D eigenvalue weighted by atomic mass is 9.95. The van der Waals surface area contributed by atoms with Gasteiger partial charge in [0, 0.05) is 31.3 Å². The van der Waals surface area contributed by atoms with E-state index in [9.17, 15) is 9.59 Å². The second-order valence-corrected chi connectivity index (χ2v) is 15.0. The van der Waals surface area contributed by atoms with Crippen molar-refractivity contribution in [2.45, 2.75) is 70.0 Å². The van der Waals surface area contributed by atoms with Crippen molar-refractivity contribution in [2.75, 3.05) is 6.61 Å². The molecule has 2 aromatic heterocycles. The van der Waals surface area contributed by atoms with E-state index in [0.29, 0.717) is 18.4 Å². The predicted molar refractivity (Wildman–Crippen MR) is 149 cm³/mol. The van der Waals surface area contributed by atoms with E-state index in [4.69, 9.17) is 9.84 Å². The minimum absolute atomic E-state index is 0.0246. The number of aliphatic hydroxyl groups is 1. The molecule has 202 valence electrons. The van der Waals surface area contributed by atoms with Crippen molar-refractivity contribution < 1.29 is 14.6 Å². The molecule has 38 heavy (non-hydrogen) atoms. The standard InChI is InChI=1S/C28H37N5O4Si/c1-19-25(37-26(27(19)38(2,3)36)14-16-32-18-21(15-17-34)29-31-32)13-10-20-8-11-22(12-9-20)33-28(35)23-6-4-5-7-24(23)30-33/h4-9,11-12,18-19,25-27,30,34,36H,10,13-17H2,1-3H3/t19-,25+,26-,27+/m1/s1. The molecule has 9 nitrogen and oxygen atoms in total. The van der Waals surface area contributed by atoms with E-state index in [1.54, 1.807) is 9.36 Å². The molecule has 4 aromatic rings. The molecule has 3 N–H and O–H groups in total. The number of nitrogens with one attached hydrogen (secondary N) is 1. The van der Waals surface area contributed by atoms with E-state index in [1.165, 1.54) is 5.56 Å². The molecule has 4 atom stereocenters. The molecule has 1 saturated heterocycles. The SMILES string of the molecule is C[C@H]1[C@H]([Si](C)(C)O)[C@@H](CCn2cc(CCO)nn2)O[C@H]1CCc1ccc(-n2[nH]c3ccccc3c2=O)cc1. The maximum Gasteiger partial charge on any atom is 0.279 e. The molecule has 0 bridgehead atoms. The van der Waals surface area contributed by atoms with Gasteiger partial charge in [-0.25, -0.2) is 4.68 Å². The molecule has 0 saturated carbocycles. The third-order valence-electron chi connectivity index (χ3n) is 7.82. The zero-order valence-corrected chi connectivity index (χ0v) is 23.2. The van der Waals surface area contributed by atoms with Gasteiger partial charge in [0.25, 0.3) is 5.56 Å². The molecule has 0 radical (unpaired) electrons. The zero-order chi connectivity index (χ0) is 26.9. The molecule has 1 aliphatic heterocycles. The number of para-hydroxylation sites is 1. The molecule has 0 unspecified atom stereocenters. The molecule has 10 heteroatoms. The van der Waals surface area contributed by atoms with Crippen LogP contribution in [0.25, 0.3) is 16.6 Å².